The van der Waals surface area contributed by atoms with E-state index in [0.717, 1.165) is 22.2 Å². The van der Waals surface area contributed by atoms with Gasteiger partial charge in [-0.05, 0) is 56.7 Å². The number of aliphatic hydroxyl groups is 1. The number of H-pyrrole nitrogens is 1. The first-order valence-corrected chi connectivity index (χ1v) is 10.5. The highest BCUT2D eigenvalue weighted by molar-refractivity contribution is 5.94. The average Bonchev–Trinajstić information content (AvgIpc) is 3.01. The number of carbonyl (C=O) groups excluding carboxylic acids is 2. The zero-order chi connectivity index (χ0) is 20.9. The van der Waals surface area contributed by atoms with E-state index in [9.17, 15) is 14.7 Å². The number of aromatic amines is 1. The molecule has 156 valence electrons. The Hall–Kier alpha value is -2.34. The number of aryl methyl sites for hydroxylation is 3. The second-order valence-corrected chi connectivity index (χ2v) is 9.06. The van der Waals surface area contributed by atoms with E-state index in [1.807, 2.05) is 11.8 Å². The van der Waals surface area contributed by atoms with Gasteiger partial charge < -0.3 is 19.9 Å². The molecule has 2 N–H and O–H groups in total. The normalized spacial score (nSPS) is 22.0. The molecule has 4 rings (SSSR count). The summed E-state index contributed by atoms with van der Waals surface area (Å²) in [6.45, 7) is 7.76. The number of benzene rings is 1. The number of piperidine rings is 2. The van der Waals surface area contributed by atoms with Crippen molar-refractivity contribution in [3.05, 3.63) is 34.5 Å². The molecule has 0 bridgehead atoms. The minimum absolute atomic E-state index is 0.113. The van der Waals surface area contributed by atoms with Crippen LogP contribution < -0.4 is 0 Å². The summed E-state index contributed by atoms with van der Waals surface area (Å²) < 4.78 is 0. The summed E-state index contributed by atoms with van der Waals surface area (Å²) in [5, 5.41) is 11.3. The van der Waals surface area contributed by atoms with Gasteiger partial charge in [0.15, 0.2) is 0 Å². The van der Waals surface area contributed by atoms with Crippen LogP contribution in [-0.4, -0.2) is 64.5 Å². The van der Waals surface area contributed by atoms with Gasteiger partial charge in [-0.25, -0.2) is 0 Å². The molecule has 1 aromatic carbocycles. The molecule has 2 fully saturated rings. The minimum atomic E-state index is -0.506. The van der Waals surface area contributed by atoms with Gasteiger partial charge in [0.25, 0.3) is 0 Å². The van der Waals surface area contributed by atoms with Crippen LogP contribution in [0.15, 0.2) is 12.1 Å². The molecule has 2 saturated heterocycles. The molecule has 0 radical (unpaired) electrons. The summed E-state index contributed by atoms with van der Waals surface area (Å²) in [5.41, 5.74) is 5.11. The molecule has 2 aliphatic rings. The first kappa shape index (κ1) is 20.0. The molecular weight excluding hydrogens is 366 g/mol. The van der Waals surface area contributed by atoms with Crippen molar-refractivity contribution < 1.29 is 14.7 Å². The third-order valence-corrected chi connectivity index (χ3v) is 7.00. The lowest BCUT2D eigenvalue weighted by Crippen LogP contribution is -2.57. The predicted molar refractivity (Wildman–Crippen MR) is 113 cm³/mol. The Morgan fingerprint density at radius 3 is 2.55 bits per heavy atom. The van der Waals surface area contributed by atoms with Crippen molar-refractivity contribution in [2.75, 3.05) is 26.7 Å². The van der Waals surface area contributed by atoms with Crippen molar-refractivity contribution in [3.8, 4) is 0 Å². The van der Waals surface area contributed by atoms with Crippen LogP contribution in [0.5, 0.6) is 0 Å². The Balaban J connectivity index is 1.50. The van der Waals surface area contributed by atoms with E-state index in [4.69, 9.17) is 0 Å². The average molecular weight is 398 g/mol. The highest BCUT2D eigenvalue weighted by atomic mass is 16.3. The molecule has 2 aromatic rings. The Kier molecular flexibility index (Phi) is 4.93. The lowest BCUT2D eigenvalue weighted by molar-refractivity contribution is -0.156. The fourth-order valence-electron chi connectivity index (χ4n) is 5.30. The van der Waals surface area contributed by atoms with E-state index in [2.05, 4.69) is 31.0 Å². The lowest BCUT2D eigenvalue weighted by atomic mass is 9.71. The van der Waals surface area contributed by atoms with Crippen LogP contribution in [0, 0.1) is 26.2 Å². The van der Waals surface area contributed by atoms with Crippen LogP contribution in [0.1, 0.15) is 41.6 Å². The number of nitrogens with one attached hydrogen (secondary N) is 1. The number of carbonyl (C=O) groups is 2. The van der Waals surface area contributed by atoms with Crippen molar-refractivity contribution in [1.82, 2.24) is 14.8 Å². The molecule has 0 saturated carbocycles. The van der Waals surface area contributed by atoms with Gasteiger partial charge in [-0.1, -0.05) is 12.1 Å². The van der Waals surface area contributed by atoms with Gasteiger partial charge in [-0.2, -0.15) is 0 Å². The summed E-state index contributed by atoms with van der Waals surface area (Å²) in [6.07, 6.45) is 1.67. The van der Waals surface area contributed by atoms with Crippen molar-refractivity contribution in [3.63, 3.8) is 0 Å². The highest BCUT2D eigenvalue weighted by Gasteiger charge is 2.47. The zero-order valence-corrected chi connectivity index (χ0v) is 17.8. The van der Waals surface area contributed by atoms with E-state index in [-0.39, 0.29) is 11.8 Å². The maximum absolute atomic E-state index is 13.1. The molecule has 1 aromatic heterocycles. The number of likely N-dealkylation sites (tertiary alicyclic amines) is 2. The second-order valence-electron chi connectivity index (χ2n) is 9.06. The molecular formula is C23H31N3O3. The summed E-state index contributed by atoms with van der Waals surface area (Å²) in [4.78, 5) is 32.8. The largest absolute Gasteiger partial charge is 0.391 e. The fourth-order valence-corrected chi connectivity index (χ4v) is 5.30. The number of likely N-dealkylation sites (N-methyl/N-ethyl adjacent to an activating group) is 1. The smallest absolute Gasteiger partial charge is 0.228 e. The van der Waals surface area contributed by atoms with Crippen LogP contribution in [0.3, 0.4) is 0 Å². The van der Waals surface area contributed by atoms with Crippen LogP contribution in [0.4, 0.5) is 0 Å². The van der Waals surface area contributed by atoms with E-state index in [0.29, 0.717) is 45.3 Å². The summed E-state index contributed by atoms with van der Waals surface area (Å²) in [6, 6.07) is 4.22. The summed E-state index contributed by atoms with van der Waals surface area (Å²) in [5.74, 6) is 0.232. The molecule has 0 aliphatic carbocycles. The van der Waals surface area contributed by atoms with Gasteiger partial charge in [0.1, 0.15) is 0 Å². The minimum Gasteiger partial charge on any atom is -0.391 e. The second kappa shape index (κ2) is 7.17. The zero-order valence-electron chi connectivity index (χ0n) is 17.8. The van der Waals surface area contributed by atoms with Gasteiger partial charge >= 0.3 is 0 Å². The summed E-state index contributed by atoms with van der Waals surface area (Å²) >= 11 is 0. The van der Waals surface area contributed by atoms with Crippen LogP contribution >= 0.6 is 0 Å². The number of hydrogen-bond donors (Lipinski definition) is 2. The first-order chi connectivity index (χ1) is 13.7. The van der Waals surface area contributed by atoms with E-state index in [1.165, 1.54) is 11.1 Å². The molecule has 2 amide bonds. The first-order valence-electron chi connectivity index (χ1n) is 10.5. The molecule has 29 heavy (non-hydrogen) atoms. The molecule has 3 heterocycles. The number of hydrogen-bond acceptors (Lipinski definition) is 3. The molecule has 6 nitrogen and oxygen atoms in total. The number of fused-ring (bicyclic) bond motifs is 1. The van der Waals surface area contributed by atoms with Crippen molar-refractivity contribution in [1.29, 1.82) is 0 Å². The molecule has 1 unspecified atom stereocenters. The van der Waals surface area contributed by atoms with Crippen molar-refractivity contribution >= 4 is 22.7 Å². The molecule has 2 aliphatic heterocycles. The molecule has 1 spiro atoms. The van der Waals surface area contributed by atoms with Crippen LogP contribution in [-0.2, 0) is 16.0 Å². The van der Waals surface area contributed by atoms with Gasteiger partial charge in [0.05, 0.1) is 17.9 Å². The topological polar surface area (TPSA) is 76.6 Å². The van der Waals surface area contributed by atoms with Gasteiger partial charge in [0, 0.05) is 43.3 Å². The van der Waals surface area contributed by atoms with E-state index in [1.54, 1.807) is 11.9 Å². The monoisotopic (exact) mass is 397 g/mol. The molecule has 1 atom stereocenters. The molecule has 6 heteroatoms. The summed E-state index contributed by atoms with van der Waals surface area (Å²) in [7, 11) is 1.76. The number of amides is 2. The quantitative estimate of drug-likeness (QED) is 0.817. The number of nitrogens with zero attached hydrogens (tertiary/aromatic N) is 2. The maximum atomic E-state index is 13.1. The fraction of sp³-hybridized carbons (Fsp3) is 0.565. The number of aromatic nitrogens is 1. The predicted octanol–water partition coefficient (Wildman–Crippen LogP) is 2.47. The van der Waals surface area contributed by atoms with Gasteiger partial charge in [-0.15, -0.1) is 0 Å². The maximum Gasteiger partial charge on any atom is 0.228 e. The Bertz CT molecular complexity index is 969. The van der Waals surface area contributed by atoms with E-state index < -0.39 is 11.5 Å². The van der Waals surface area contributed by atoms with Gasteiger partial charge in [0.2, 0.25) is 11.8 Å². The van der Waals surface area contributed by atoms with Crippen molar-refractivity contribution in [2.24, 2.45) is 5.41 Å². The van der Waals surface area contributed by atoms with Crippen molar-refractivity contribution in [2.45, 2.75) is 52.6 Å². The number of rotatable bonds is 2. The Morgan fingerprint density at radius 1 is 1.21 bits per heavy atom. The SMILES string of the molecule is Cc1[nH]c2c(C)ccc(C)c2c1CC(=O)N1CCC2(CC1)CC(O)CN(C)C2=O. The number of β-amino-alcohol motifs (C(OH)–C–C–N with tert-alkyl or cyclic N) is 1. The van der Waals surface area contributed by atoms with E-state index >= 15 is 0 Å². The standard InChI is InChI=1S/C23H31N3O3/c1-14-5-6-15(2)21-20(14)18(16(3)24-21)11-19(28)26-9-7-23(8-10-26)12-17(27)13-25(4)22(23)29/h5-6,17,24,27H,7-13H2,1-4H3. The highest BCUT2D eigenvalue weighted by Crippen LogP contribution is 2.41. The third kappa shape index (κ3) is 3.33. The number of aliphatic hydroxyl groups excluding tert-OH is 1. The Labute approximate surface area is 171 Å². The lowest BCUT2D eigenvalue weighted by Gasteiger charge is -2.47. The van der Waals surface area contributed by atoms with Crippen LogP contribution in [0.25, 0.3) is 10.9 Å². The van der Waals surface area contributed by atoms with Crippen LogP contribution in [0.2, 0.25) is 0 Å². The Morgan fingerprint density at radius 2 is 1.86 bits per heavy atom. The third-order valence-electron chi connectivity index (χ3n) is 7.00. The van der Waals surface area contributed by atoms with Gasteiger partial charge in [-0.3, -0.25) is 9.59 Å².